The van der Waals surface area contributed by atoms with Crippen LogP contribution in [0.15, 0.2) is 47.6 Å². The van der Waals surface area contributed by atoms with E-state index in [1.807, 2.05) is 11.8 Å². The van der Waals surface area contributed by atoms with Crippen LogP contribution < -0.4 is 26.1 Å². The largest absolute Gasteiger partial charge is 0.504 e. The molecule has 2 heterocycles. The van der Waals surface area contributed by atoms with Gasteiger partial charge in [0.15, 0.2) is 11.5 Å². The summed E-state index contributed by atoms with van der Waals surface area (Å²) < 4.78 is 5.04. The van der Waals surface area contributed by atoms with Gasteiger partial charge in [-0.25, -0.2) is 10.2 Å². The fourth-order valence-corrected chi connectivity index (χ4v) is 5.75. The summed E-state index contributed by atoms with van der Waals surface area (Å²) in [5.41, 5.74) is 4.11. The normalized spacial score (nSPS) is 20.5. The second-order valence-corrected chi connectivity index (χ2v) is 9.90. The van der Waals surface area contributed by atoms with Crippen molar-refractivity contribution in [2.24, 2.45) is 5.10 Å². The van der Waals surface area contributed by atoms with Gasteiger partial charge >= 0.3 is 6.03 Å². The van der Waals surface area contributed by atoms with Crippen LogP contribution in [0.3, 0.4) is 0 Å². The molecule has 3 atom stereocenters. The number of phenolic OH excluding ortho intramolecular Hbond substituents is 1. The Balaban J connectivity index is 1.16. The van der Waals surface area contributed by atoms with E-state index in [9.17, 15) is 19.5 Å². The van der Waals surface area contributed by atoms with Gasteiger partial charge in [-0.2, -0.15) is 16.9 Å². The first-order valence-electron chi connectivity index (χ1n) is 11.7. The highest BCUT2D eigenvalue weighted by molar-refractivity contribution is 8.00. The van der Waals surface area contributed by atoms with E-state index in [2.05, 4.69) is 26.5 Å². The van der Waals surface area contributed by atoms with Crippen LogP contribution in [0, 0.1) is 0 Å². The van der Waals surface area contributed by atoms with Crippen molar-refractivity contribution in [2.75, 3.05) is 18.2 Å². The van der Waals surface area contributed by atoms with Crippen molar-refractivity contribution in [1.82, 2.24) is 16.1 Å². The molecule has 36 heavy (non-hydrogen) atoms. The van der Waals surface area contributed by atoms with Crippen LogP contribution in [0.1, 0.15) is 41.6 Å². The Morgan fingerprint density at radius 3 is 2.78 bits per heavy atom. The monoisotopic (exact) mass is 511 g/mol. The number of anilines is 1. The fraction of sp³-hybridized carbons (Fsp3) is 0.360. The number of aromatic hydroxyl groups is 1. The second kappa shape index (κ2) is 11.8. The molecule has 2 aliphatic rings. The lowest BCUT2D eigenvalue weighted by molar-refractivity contribution is -0.116. The third-order valence-electron chi connectivity index (χ3n) is 6.09. The van der Waals surface area contributed by atoms with E-state index in [0.29, 0.717) is 34.2 Å². The summed E-state index contributed by atoms with van der Waals surface area (Å²) in [5, 5.41) is 22.7. The highest BCUT2D eigenvalue weighted by Gasteiger charge is 2.42. The van der Waals surface area contributed by atoms with E-state index in [1.54, 1.807) is 36.4 Å². The molecule has 4 rings (SSSR count). The van der Waals surface area contributed by atoms with Crippen molar-refractivity contribution in [3.8, 4) is 11.5 Å². The fourth-order valence-electron chi connectivity index (χ4n) is 4.21. The lowest BCUT2D eigenvalue weighted by Gasteiger charge is -2.16. The van der Waals surface area contributed by atoms with E-state index in [0.717, 1.165) is 25.0 Å². The number of urea groups is 1. The first kappa shape index (κ1) is 25.4. The number of thioether (sulfide) groups is 1. The molecule has 11 heteroatoms. The summed E-state index contributed by atoms with van der Waals surface area (Å²) in [5.74, 6) is 0.794. The standard InChI is InChI=1S/C25H29N5O5S/c1-35-20-12-15(6-11-19(20)31)13-26-30-24(33)16-7-9-17(10-8-16)27-22(32)5-3-2-4-21-23-18(14-36-21)28-25(34)29-23/h6-13,18,21,23,31H,2-5,14H2,1H3,(H,27,32)(H,30,33)(H2,28,29,34)/t18-,21-,23-/m0/s1. The Morgan fingerprint density at radius 2 is 2.00 bits per heavy atom. The zero-order valence-corrected chi connectivity index (χ0v) is 20.6. The van der Waals surface area contributed by atoms with Crippen molar-refractivity contribution < 1.29 is 24.2 Å². The molecular weight excluding hydrogens is 482 g/mol. The lowest BCUT2D eigenvalue weighted by atomic mass is 10.0. The molecule has 0 radical (unpaired) electrons. The number of nitrogens with zero attached hydrogens (tertiary/aromatic N) is 1. The molecule has 0 aromatic heterocycles. The molecule has 2 aromatic carbocycles. The predicted octanol–water partition coefficient (Wildman–Crippen LogP) is 2.83. The zero-order chi connectivity index (χ0) is 25.5. The SMILES string of the molecule is COc1cc(C=NNC(=O)c2ccc(NC(=O)CCCC[C@@H]3SC[C@@H]4NC(=O)N[C@@H]43)cc2)ccc1O. The van der Waals surface area contributed by atoms with Crippen LogP contribution >= 0.6 is 11.8 Å². The van der Waals surface area contributed by atoms with Gasteiger partial charge in [0.2, 0.25) is 5.91 Å². The number of benzene rings is 2. The Kier molecular flexibility index (Phi) is 8.32. The van der Waals surface area contributed by atoms with Crippen molar-refractivity contribution in [2.45, 2.75) is 43.0 Å². The summed E-state index contributed by atoms with van der Waals surface area (Å²) >= 11 is 1.87. The summed E-state index contributed by atoms with van der Waals surface area (Å²) in [6.07, 6.45) is 4.51. The molecule has 190 valence electrons. The Hall–Kier alpha value is -3.73. The second-order valence-electron chi connectivity index (χ2n) is 8.62. The summed E-state index contributed by atoms with van der Waals surface area (Å²) in [7, 11) is 1.45. The number of rotatable bonds is 10. The molecule has 2 fully saturated rings. The Bertz CT molecular complexity index is 1140. The van der Waals surface area contributed by atoms with Gasteiger partial charge in [-0.3, -0.25) is 9.59 Å². The Morgan fingerprint density at radius 1 is 1.19 bits per heavy atom. The number of phenols is 1. The summed E-state index contributed by atoms with van der Waals surface area (Å²) in [4.78, 5) is 36.1. The third-order valence-corrected chi connectivity index (χ3v) is 7.60. The smallest absolute Gasteiger partial charge is 0.315 e. The average molecular weight is 512 g/mol. The van der Waals surface area contributed by atoms with Crippen LogP contribution in [-0.4, -0.2) is 59.4 Å². The number of hydrogen-bond acceptors (Lipinski definition) is 7. The van der Waals surface area contributed by atoms with Gasteiger partial charge in [-0.15, -0.1) is 0 Å². The molecule has 0 aliphatic carbocycles. The topological polar surface area (TPSA) is 141 Å². The van der Waals surface area contributed by atoms with E-state index in [4.69, 9.17) is 4.74 Å². The van der Waals surface area contributed by atoms with E-state index in [1.165, 1.54) is 19.4 Å². The van der Waals surface area contributed by atoms with Crippen molar-refractivity contribution in [3.63, 3.8) is 0 Å². The number of carbonyl (C=O) groups is 3. The van der Waals surface area contributed by atoms with E-state index >= 15 is 0 Å². The van der Waals surface area contributed by atoms with Crippen molar-refractivity contribution >= 4 is 41.5 Å². The molecule has 2 aliphatic heterocycles. The summed E-state index contributed by atoms with van der Waals surface area (Å²) in [6, 6.07) is 11.6. The maximum atomic E-state index is 12.3. The molecule has 2 saturated heterocycles. The maximum Gasteiger partial charge on any atom is 0.315 e. The van der Waals surface area contributed by atoms with Gasteiger partial charge in [-0.1, -0.05) is 6.42 Å². The number of hydrazone groups is 1. The minimum Gasteiger partial charge on any atom is -0.504 e. The molecule has 0 spiro atoms. The molecule has 10 nitrogen and oxygen atoms in total. The third kappa shape index (κ3) is 6.48. The minimum atomic E-state index is -0.393. The Labute approximate surface area is 213 Å². The number of hydrogen-bond donors (Lipinski definition) is 5. The molecule has 4 amide bonds. The van der Waals surface area contributed by atoms with E-state index in [-0.39, 0.29) is 29.8 Å². The molecule has 0 unspecified atom stereocenters. The summed E-state index contributed by atoms with van der Waals surface area (Å²) in [6.45, 7) is 0. The first-order valence-corrected chi connectivity index (χ1v) is 12.8. The maximum absolute atomic E-state index is 12.3. The average Bonchev–Trinajstić information content (AvgIpc) is 3.42. The van der Waals surface area contributed by atoms with Crippen molar-refractivity contribution in [3.05, 3.63) is 53.6 Å². The number of amides is 4. The number of unbranched alkanes of at least 4 members (excludes halogenated alkanes) is 1. The first-order chi connectivity index (χ1) is 17.4. The van der Waals surface area contributed by atoms with Gasteiger partial charge in [0.05, 0.1) is 25.4 Å². The van der Waals surface area contributed by atoms with Crippen molar-refractivity contribution in [1.29, 1.82) is 0 Å². The van der Waals surface area contributed by atoms with Crippen LogP contribution in [-0.2, 0) is 4.79 Å². The number of nitrogens with one attached hydrogen (secondary N) is 4. The highest BCUT2D eigenvalue weighted by atomic mass is 32.2. The number of ether oxygens (including phenoxy) is 1. The van der Waals surface area contributed by atoms with Crippen LogP contribution in [0.5, 0.6) is 11.5 Å². The molecular formula is C25H29N5O5S. The van der Waals surface area contributed by atoms with Gasteiger partial charge in [0.1, 0.15) is 0 Å². The lowest BCUT2D eigenvalue weighted by Crippen LogP contribution is -2.36. The number of fused-ring (bicyclic) bond motifs is 1. The molecule has 0 saturated carbocycles. The van der Waals surface area contributed by atoms with Crippen LogP contribution in [0.4, 0.5) is 10.5 Å². The quantitative estimate of drug-likeness (QED) is 0.144. The predicted molar refractivity (Wildman–Crippen MR) is 139 cm³/mol. The van der Waals surface area contributed by atoms with Gasteiger partial charge in [-0.05, 0) is 60.9 Å². The van der Waals surface area contributed by atoms with Gasteiger partial charge < -0.3 is 25.8 Å². The highest BCUT2D eigenvalue weighted by Crippen LogP contribution is 2.33. The number of methoxy groups -OCH3 is 1. The van der Waals surface area contributed by atoms with E-state index < -0.39 is 5.91 Å². The van der Waals surface area contributed by atoms with Gasteiger partial charge in [0, 0.05) is 28.7 Å². The molecule has 2 aromatic rings. The zero-order valence-electron chi connectivity index (χ0n) is 19.8. The molecule has 0 bridgehead atoms. The minimum absolute atomic E-state index is 0.0186. The molecule has 5 N–H and O–H groups in total. The van der Waals surface area contributed by atoms with Crippen LogP contribution in [0.2, 0.25) is 0 Å². The van der Waals surface area contributed by atoms with Gasteiger partial charge in [0.25, 0.3) is 5.91 Å². The number of carbonyl (C=O) groups excluding carboxylic acids is 3. The van der Waals surface area contributed by atoms with Crippen LogP contribution in [0.25, 0.3) is 0 Å².